The lowest BCUT2D eigenvalue weighted by Gasteiger charge is -2.30. The van der Waals surface area contributed by atoms with Gasteiger partial charge in [-0.3, -0.25) is 14.5 Å². The number of nitrogens with zero attached hydrogens (tertiary/aromatic N) is 1. The molecule has 26 heavy (non-hydrogen) atoms. The zero-order valence-corrected chi connectivity index (χ0v) is 16.0. The van der Waals surface area contributed by atoms with E-state index in [2.05, 4.69) is 0 Å². The number of aliphatic hydroxyl groups excluding tert-OH is 1. The van der Waals surface area contributed by atoms with E-state index in [9.17, 15) is 14.7 Å². The second-order valence-corrected chi connectivity index (χ2v) is 7.95. The molecule has 3 rings (SSSR count). The van der Waals surface area contributed by atoms with Crippen LogP contribution in [0.1, 0.15) is 55.2 Å². The number of hydrogen-bond donors (Lipinski definition) is 1. The number of carbonyl (C=O) groups excluding carboxylic acids is 2. The van der Waals surface area contributed by atoms with E-state index >= 15 is 0 Å². The van der Waals surface area contributed by atoms with Gasteiger partial charge in [0.05, 0.1) is 12.0 Å². The zero-order valence-electron chi connectivity index (χ0n) is 16.0. The van der Waals surface area contributed by atoms with Crippen LogP contribution >= 0.6 is 0 Å². The standard InChI is InChI=1S/C21H29NO4/c1-14-7-8-15(2)19(16(14)3)26-13-17(23)12-22-18(24)11-21(20(22)25)9-5-4-6-10-21/h7-8,17,23H,4-6,9-13H2,1-3H3/t17-/m0/s1. The third-order valence-corrected chi connectivity index (χ3v) is 5.99. The van der Waals surface area contributed by atoms with Crippen LogP contribution < -0.4 is 4.74 Å². The quantitative estimate of drug-likeness (QED) is 0.821. The highest BCUT2D eigenvalue weighted by Gasteiger charge is 2.51. The fourth-order valence-electron chi connectivity index (χ4n) is 4.25. The minimum Gasteiger partial charge on any atom is -0.490 e. The maximum atomic E-state index is 12.8. The summed E-state index contributed by atoms with van der Waals surface area (Å²) in [7, 11) is 0. The summed E-state index contributed by atoms with van der Waals surface area (Å²) in [6, 6.07) is 4.03. The van der Waals surface area contributed by atoms with Gasteiger partial charge in [0.25, 0.3) is 0 Å². The van der Waals surface area contributed by atoms with Crippen LogP contribution in [0.2, 0.25) is 0 Å². The van der Waals surface area contributed by atoms with Crippen molar-refractivity contribution in [1.29, 1.82) is 0 Å². The molecule has 1 aromatic rings. The second-order valence-electron chi connectivity index (χ2n) is 7.95. The number of imide groups is 1. The lowest BCUT2D eigenvalue weighted by Crippen LogP contribution is -2.42. The molecule has 2 amide bonds. The molecule has 1 aromatic carbocycles. The normalized spacial score (nSPS) is 20.7. The number of likely N-dealkylation sites (tertiary alicyclic amines) is 1. The number of β-amino-alcohol motifs (C(OH)–C–C–N with tert-alkyl or cyclic N) is 1. The molecule has 0 radical (unpaired) electrons. The van der Waals surface area contributed by atoms with Crippen molar-refractivity contribution in [3.63, 3.8) is 0 Å². The number of rotatable bonds is 5. The van der Waals surface area contributed by atoms with Gasteiger partial charge in [-0.1, -0.05) is 31.4 Å². The summed E-state index contributed by atoms with van der Waals surface area (Å²) < 4.78 is 5.83. The van der Waals surface area contributed by atoms with E-state index in [1.54, 1.807) is 0 Å². The molecule has 2 fully saturated rings. The maximum absolute atomic E-state index is 12.8. The molecule has 1 aliphatic carbocycles. The van der Waals surface area contributed by atoms with E-state index in [4.69, 9.17) is 4.74 Å². The Bertz CT molecular complexity index is 706. The van der Waals surface area contributed by atoms with Gasteiger partial charge in [-0.05, 0) is 50.3 Å². The molecule has 0 unspecified atom stereocenters. The van der Waals surface area contributed by atoms with Crippen molar-refractivity contribution in [3.8, 4) is 5.75 Å². The van der Waals surface area contributed by atoms with Crippen molar-refractivity contribution in [2.24, 2.45) is 5.41 Å². The molecular weight excluding hydrogens is 330 g/mol. The van der Waals surface area contributed by atoms with Gasteiger partial charge in [0.1, 0.15) is 18.5 Å². The lowest BCUT2D eigenvalue weighted by atomic mass is 9.73. The molecule has 1 aliphatic heterocycles. The molecular formula is C21H29NO4. The maximum Gasteiger partial charge on any atom is 0.235 e. The topological polar surface area (TPSA) is 66.8 Å². The lowest BCUT2D eigenvalue weighted by molar-refractivity contribution is -0.144. The van der Waals surface area contributed by atoms with Crippen LogP contribution in [0.4, 0.5) is 0 Å². The molecule has 142 valence electrons. The monoisotopic (exact) mass is 359 g/mol. The molecule has 5 nitrogen and oxygen atoms in total. The first-order chi connectivity index (χ1) is 12.3. The van der Waals surface area contributed by atoms with Crippen LogP contribution in [-0.2, 0) is 9.59 Å². The number of hydrogen-bond acceptors (Lipinski definition) is 4. The van der Waals surface area contributed by atoms with E-state index < -0.39 is 11.5 Å². The predicted octanol–water partition coefficient (Wildman–Crippen LogP) is 3.06. The first-order valence-electron chi connectivity index (χ1n) is 9.56. The highest BCUT2D eigenvalue weighted by Crippen LogP contribution is 2.45. The van der Waals surface area contributed by atoms with Gasteiger partial charge in [0, 0.05) is 6.42 Å². The van der Waals surface area contributed by atoms with E-state index in [1.165, 1.54) is 4.90 Å². The van der Waals surface area contributed by atoms with Crippen LogP contribution in [0.25, 0.3) is 0 Å². The number of benzene rings is 1. The number of aliphatic hydroxyl groups is 1. The van der Waals surface area contributed by atoms with Crippen molar-refractivity contribution >= 4 is 11.8 Å². The van der Waals surface area contributed by atoms with Crippen molar-refractivity contribution in [2.45, 2.75) is 65.4 Å². The van der Waals surface area contributed by atoms with Crippen molar-refractivity contribution in [3.05, 3.63) is 28.8 Å². The van der Waals surface area contributed by atoms with E-state index in [-0.39, 0.29) is 25.0 Å². The summed E-state index contributed by atoms with van der Waals surface area (Å²) in [6.07, 6.45) is 4.14. The molecule has 5 heteroatoms. The average molecular weight is 359 g/mol. The molecule has 0 aromatic heterocycles. The summed E-state index contributed by atoms with van der Waals surface area (Å²) in [6.45, 7) is 6.06. The fourth-order valence-corrected chi connectivity index (χ4v) is 4.25. The van der Waals surface area contributed by atoms with Gasteiger partial charge >= 0.3 is 0 Å². The first kappa shape index (κ1) is 18.9. The van der Waals surface area contributed by atoms with Gasteiger partial charge in [-0.25, -0.2) is 0 Å². The van der Waals surface area contributed by atoms with E-state index in [0.29, 0.717) is 6.42 Å². The third kappa shape index (κ3) is 3.50. The van der Waals surface area contributed by atoms with Gasteiger partial charge in [-0.15, -0.1) is 0 Å². The molecule has 1 N–H and O–H groups in total. The van der Waals surface area contributed by atoms with Crippen molar-refractivity contribution in [2.75, 3.05) is 13.2 Å². The van der Waals surface area contributed by atoms with Crippen LogP contribution in [0.3, 0.4) is 0 Å². The van der Waals surface area contributed by atoms with Crippen molar-refractivity contribution < 1.29 is 19.4 Å². The summed E-state index contributed by atoms with van der Waals surface area (Å²) in [4.78, 5) is 26.4. The van der Waals surface area contributed by atoms with Crippen LogP contribution in [0.5, 0.6) is 5.75 Å². The van der Waals surface area contributed by atoms with Gasteiger partial charge in [0.2, 0.25) is 11.8 Å². The largest absolute Gasteiger partial charge is 0.490 e. The number of ether oxygens (including phenoxy) is 1. The summed E-state index contributed by atoms with van der Waals surface area (Å²) >= 11 is 0. The minimum atomic E-state index is -0.888. The summed E-state index contributed by atoms with van der Waals surface area (Å²) in [5.41, 5.74) is 2.69. The zero-order chi connectivity index (χ0) is 18.9. The molecule has 2 aliphatic rings. The Morgan fingerprint density at radius 3 is 2.46 bits per heavy atom. The van der Waals surface area contributed by atoms with Crippen LogP contribution in [-0.4, -0.2) is 41.1 Å². The smallest absolute Gasteiger partial charge is 0.235 e. The van der Waals surface area contributed by atoms with Crippen molar-refractivity contribution in [1.82, 2.24) is 4.90 Å². The fraction of sp³-hybridized carbons (Fsp3) is 0.619. The van der Waals surface area contributed by atoms with E-state index in [0.717, 1.165) is 54.5 Å². The van der Waals surface area contributed by atoms with Gasteiger partial charge < -0.3 is 9.84 Å². The van der Waals surface area contributed by atoms with Crippen LogP contribution in [0.15, 0.2) is 12.1 Å². The predicted molar refractivity (Wildman–Crippen MR) is 99.0 cm³/mol. The summed E-state index contributed by atoms with van der Waals surface area (Å²) in [5.74, 6) is 0.523. The van der Waals surface area contributed by atoms with Gasteiger partial charge in [0.15, 0.2) is 0 Å². The minimum absolute atomic E-state index is 0.0172. The SMILES string of the molecule is Cc1ccc(C)c(OC[C@@H](O)CN2C(=O)CC3(CCCCC3)C2=O)c1C. The highest BCUT2D eigenvalue weighted by molar-refractivity contribution is 6.06. The molecule has 1 saturated carbocycles. The Morgan fingerprint density at radius 2 is 1.77 bits per heavy atom. The Kier molecular flexibility index (Phi) is 5.37. The van der Waals surface area contributed by atoms with Crippen LogP contribution in [0, 0.1) is 26.2 Å². The average Bonchev–Trinajstić information content (AvgIpc) is 2.83. The third-order valence-electron chi connectivity index (χ3n) is 5.99. The Balaban J connectivity index is 1.62. The molecule has 1 heterocycles. The molecule has 1 spiro atoms. The highest BCUT2D eigenvalue weighted by atomic mass is 16.5. The van der Waals surface area contributed by atoms with Gasteiger partial charge in [-0.2, -0.15) is 0 Å². The Labute approximate surface area is 155 Å². The molecule has 0 bridgehead atoms. The number of aryl methyl sites for hydroxylation is 2. The summed E-state index contributed by atoms with van der Waals surface area (Å²) in [5, 5.41) is 10.4. The second kappa shape index (κ2) is 7.39. The number of carbonyl (C=O) groups is 2. The Morgan fingerprint density at radius 1 is 1.12 bits per heavy atom. The molecule has 1 saturated heterocycles. The molecule has 1 atom stereocenters. The number of amides is 2. The first-order valence-corrected chi connectivity index (χ1v) is 9.56. The Hall–Kier alpha value is -1.88. The van der Waals surface area contributed by atoms with E-state index in [1.807, 2.05) is 32.9 Å².